The third-order valence-corrected chi connectivity index (χ3v) is 3.49. The number of carbonyl (C=O) groups excluding carboxylic acids is 1. The van der Waals surface area contributed by atoms with E-state index in [9.17, 15) is 4.79 Å². The van der Waals surface area contributed by atoms with Crippen LogP contribution in [0, 0.1) is 0 Å². The second kappa shape index (κ2) is 6.41. The van der Waals surface area contributed by atoms with Crippen LogP contribution < -0.4 is 5.32 Å². The summed E-state index contributed by atoms with van der Waals surface area (Å²) in [6, 6.07) is 9.96. The van der Waals surface area contributed by atoms with Crippen LogP contribution in [-0.2, 0) is 4.79 Å². The first-order valence-corrected chi connectivity index (χ1v) is 6.91. The zero-order valence-electron chi connectivity index (χ0n) is 9.98. The van der Waals surface area contributed by atoms with Gasteiger partial charge in [0.05, 0.1) is 6.04 Å². The minimum absolute atomic E-state index is 0.00111. The predicted octanol–water partition coefficient (Wildman–Crippen LogP) is 2.35. The molecule has 1 N–H and O–H groups in total. The first-order chi connectivity index (χ1) is 8.70. The normalized spacial score (nSPS) is 20.8. The summed E-state index contributed by atoms with van der Waals surface area (Å²) in [6.07, 6.45) is 0.912. The van der Waals surface area contributed by atoms with Crippen molar-refractivity contribution in [2.45, 2.75) is 17.3 Å². The molecular formula is C13H16Cl2N2O. The summed E-state index contributed by atoms with van der Waals surface area (Å²) in [6.45, 7) is 2.32. The van der Waals surface area contributed by atoms with Gasteiger partial charge in [-0.15, -0.1) is 0 Å². The van der Waals surface area contributed by atoms with Gasteiger partial charge in [0, 0.05) is 13.1 Å². The number of nitrogens with zero attached hydrogens (tertiary/aromatic N) is 1. The number of rotatable bonds is 2. The molecule has 1 atom stereocenters. The van der Waals surface area contributed by atoms with Crippen molar-refractivity contribution in [1.82, 2.24) is 10.2 Å². The average Bonchev–Trinajstić information content (AvgIpc) is 2.64. The summed E-state index contributed by atoms with van der Waals surface area (Å²) in [4.78, 5) is 12.9. The van der Waals surface area contributed by atoms with Gasteiger partial charge in [0.2, 0.25) is 0 Å². The molecule has 1 aliphatic rings. The number of halogens is 2. The highest BCUT2D eigenvalue weighted by molar-refractivity contribution is 6.53. The third-order valence-electron chi connectivity index (χ3n) is 3.12. The van der Waals surface area contributed by atoms with Crippen LogP contribution in [0.4, 0.5) is 0 Å². The standard InChI is InChI=1S/C13H16Cl2N2O/c14-12(15)13(18)17-8-4-7-16-9-11(17)10-5-2-1-3-6-10/h1-3,5-6,11-12,16H,4,7-9H2. The maximum absolute atomic E-state index is 12.1. The molecule has 0 radical (unpaired) electrons. The third kappa shape index (κ3) is 3.16. The molecule has 1 fully saturated rings. The molecule has 3 nitrogen and oxygen atoms in total. The van der Waals surface area contributed by atoms with Crippen LogP contribution >= 0.6 is 23.2 Å². The Bertz CT molecular complexity index is 397. The summed E-state index contributed by atoms with van der Waals surface area (Å²) in [5, 5.41) is 3.34. The fourth-order valence-corrected chi connectivity index (χ4v) is 2.49. The molecular weight excluding hydrogens is 271 g/mol. The molecule has 0 saturated carbocycles. The highest BCUT2D eigenvalue weighted by atomic mass is 35.5. The van der Waals surface area contributed by atoms with Crippen LogP contribution in [0.25, 0.3) is 0 Å². The van der Waals surface area contributed by atoms with Crippen LogP contribution in [0.15, 0.2) is 30.3 Å². The fraction of sp³-hybridized carbons (Fsp3) is 0.462. The first-order valence-electron chi connectivity index (χ1n) is 6.04. The van der Waals surface area contributed by atoms with Gasteiger partial charge in [-0.25, -0.2) is 0 Å². The number of hydrogen-bond acceptors (Lipinski definition) is 2. The molecule has 0 spiro atoms. The average molecular weight is 287 g/mol. The highest BCUT2D eigenvalue weighted by Gasteiger charge is 2.29. The largest absolute Gasteiger partial charge is 0.332 e. The van der Waals surface area contributed by atoms with Crippen molar-refractivity contribution in [3.63, 3.8) is 0 Å². The molecule has 0 aliphatic carbocycles. The number of hydrogen-bond donors (Lipinski definition) is 1. The van der Waals surface area contributed by atoms with Crippen LogP contribution in [-0.4, -0.2) is 35.3 Å². The van der Waals surface area contributed by atoms with E-state index in [1.165, 1.54) is 0 Å². The number of carbonyl (C=O) groups is 1. The maximum atomic E-state index is 12.1. The van der Waals surface area contributed by atoms with E-state index in [-0.39, 0.29) is 11.9 Å². The van der Waals surface area contributed by atoms with Gasteiger partial charge < -0.3 is 10.2 Å². The Hall–Kier alpha value is -0.770. The number of nitrogens with one attached hydrogen (secondary N) is 1. The Morgan fingerprint density at radius 3 is 2.72 bits per heavy atom. The van der Waals surface area contributed by atoms with Gasteiger partial charge in [0.15, 0.2) is 4.84 Å². The number of alkyl halides is 2. The van der Waals surface area contributed by atoms with Crippen molar-refractivity contribution in [3.8, 4) is 0 Å². The second-order valence-electron chi connectivity index (χ2n) is 4.32. The number of amides is 1. The van der Waals surface area contributed by atoms with E-state index in [0.29, 0.717) is 6.54 Å². The van der Waals surface area contributed by atoms with Gasteiger partial charge in [-0.1, -0.05) is 53.5 Å². The minimum Gasteiger partial charge on any atom is -0.332 e. The quantitative estimate of drug-likeness (QED) is 0.847. The smallest absolute Gasteiger partial charge is 0.256 e. The molecule has 1 unspecified atom stereocenters. The Morgan fingerprint density at radius 1 is 1.33 bits per heavy atom. The van der Waals surface area contributed by atoms with Crippen molar-refractivity contribution in [2.24, 2.45) is 0 Å². The van der Waals surface area contributed by atoms with Crippen molar-refractivity contribution >= 4 is 29.1 Å². The maximum Gasteiger partial charge on any atom is 0.256 e. The Labute approximate surface area is 117 Å². The summed E-state index contributed by atoms with van der Waals surface area (Å²) in [5.41, 5.74) is 1.11. The van der Waals surface area contributed by atoms with E-state index < -0.39 is 4.84 Å². The van der Waals surface area contributed by atoms with E-state index in [1.807, 2.05) is 30.3 Å². The summed E-state index contributed by atoms with van der Waals surface area (Å²) < 4.78 is 0. The van der Waals surface area contributed by atoms with Gasteiger partial charge >= 0.3 is 0 Å². The Balaban J connectivity index is 2.25. The van der Waals surface area contributed by atoms with E-state index >= 15 is 0 Å². The second-order valence-corrected chi connectivity index (χ2v) is 5.41. The van der Waals surface area contributed by atoms with Crippen LogP contribution in [0.2, 0.25) is 0 Å². The molecule has 1 amide bonds. The topological polar surface area (TPSA) is 32.3 Å². The highest BCUT2D eigenvalue weighted by Crippen LogP contribution is 2.24. The lowest BCUT2D eigenvalue weighted by Gasteiger charge is -2.30. The van der Waals surface area contributed by atoms with Gasteiger partial charge in [0.25, 0.3) is 5.91 Å². The van der Waals surface area contributed by atoms with E-state index in [4.69, 9.17) is 23.2 Å². The van der Waals surface area contributed by atoms with Crippen LogP contribution in [0.3, 0.4) is 0 Å². The Morgan fingerprint density at radius 2 is 2.06 bits per heavy atom. The van der Waals surface area contributed by atoms with E-state index in [2.05, 4.69) is 5.32 Å². The molecule has 18 heavy (non-hydrogen) atoms. The van der Waals surface area contributed by atoms with Gasteiger partial charge in [-0.2, -0.15) is 0 Å². The Kier molecular flexibility index (Phi) is 4.87. The lowest BCUT2D eigenvalue weighted by Crippen LogP contribution is -2.40. The zero-order chi connectivity index (χ0) is 13.0. The molecule has 2 rings (SSSR count). The van der Waals surface area contributed by atoms with Gasteiger partial charge in [-0.05, 0) is 18.5 Å². The predicted molar refractivity (Wildman–Crippen MR) is 73.9 cm³/mol. The van der Waals surface area contributed by atoms with Crippen molar-refractivity contribution < 1.29 is 4.79 Å². The van der Waals surface area contributed by atoms with E-state index in [0.717, 1.165) is 25.1 Å². The van der Waals surface area contributed by atoms with Crippen molar-refractivity contribution in [1.29, 1.82) is 0 Å². The minimum atomic E-state index is -0.991. The molecule has 1 aromatic carbocycles. The summed E-state index contributed by atoms with van der Waals surface area (Å²) in [5.74, 6) is -0.212. The number of benzene rings is 1. The summed E-state index contributed by atoms with van der Waals surface area (Å²) in [7, 11) is 0. The van der Waals surface area contributed by atoms with Crippen LogP contribution in [0.5, 0.6) is 0 Å². The summed E-state index contributed by atoms with van der Waals surface area (Å²) >= 11 is 11.4. The molecule has 5 heteroatoms. The molecule has 0 bridgehead atoms. The fourth-order valence-electron chi connectivity index (χ4n) is 2.24. The SMILES string of the molecule is O=C(C(Cl)Cl)N1CCCNCC1c1ccccc1. The first kappa shape index (κ1) is 13.7. The molecule has 98 valence electrons. The molecule has 1 aliphatic heterocycles. The van der Waals surface area contributed by atoms with Gasteiger partial charge in [0.1, 0.15) is 0 Å². The lowest BCUT2D eigenvalue weighted by atomic mass is 10.1. The lowest BCUT2D eigenvalue weighted by molar-refractivity contribution is -0.131. The van der Waals surface area contributed by atoms with Crippen molar-refractivity contribution in [3.05, 3.63) is 35.9 Å². The van der Waals surface area contributed by atoms with Crippen LogP contribution in [0.1, 0.15) is 18.0 Å². The molecule has 1 saturated heterocycles. The van der Waals surface area contributed by atoms with Gasteiger partial charge in [-0.3, -0.25) is 4.79 Å². The van der Waals surface area contributed by atoms with Crippen molar-refractivity contribution in [2.75, 3.05) is 19.6 Å². The monoisotopic (exact) mass is 286 g/mol. The van der Waals surface area contributed by atoms with E-state index in [1.54, 1.807) is 4.90 Å². The molecule has 1 aromatic rings. The molecule has 0 aromatic heterocycles. The zero-order valence-corrected chi connectivity index (χ0v) is 11.5. The molecule has 1 heterocycles.